The zero-order valence-corrected chi connectivity index (χ0v) is 14.4. The molecule has 0 aliphatic heterocycles. The predicted octanol–water partition coefficient (Wildman–Crippen LogP) is 4.45. The van der Waals surface area contributed by atoms with E-state index in [1.165, 1.54) is 11.6 Å². The van der Waals surface area contributed by atoms with E-state index in [1.54, 1.807) is 17.9 Å². The molecule has 0 fully saturated rings. The minimum atomic E-state index is -1.66. The first-order chi connectivity index (χ1) is 9.52. The number of hydrogen-bond donors (Lipinski definition) is 0. The second kappa shape index (κ2) is 6.00. The second-order valence-electron chi connectivity index (χ2n) is 6.17. The van der Waals surface area contributed by atoms with Gasteiger partial charge in [0.05, 0.1) is 7.11 Å². The lowest BCUT2D eigenvalue weighted by molar-refractivity contribution is 0.418. The van der Waals surface area contributed by atoms with Gasteiger partial charge in [-0.25, -0.2) is 0 Å². The van der Waals surface area contributed by atoms with E-state index in [9.17, 15) is 0 Å². The number of methoxy groups -OCH3 is 1. The lowest BCUT2D eigenvalue weighted by atomic mass is 10.00. The lowest BCUT2D eigenvalue weighted by Crippen LogP contribution is -2.45. The zero-order chi connectivity index (χ0) is 14.8. The third kappa shape index (κ3) is 2.62. The Balaban J connectivity index is 2.49. The van der Waals surface area contributed by atoms with Crippen molar-refractivity contribution < 1.29 is 4.74 Å². The molecule has 0 heterocycles. The van der Waals surface area contributed by atoms with E-state index >= 15 is 0 Å². The monoisotopic (exact) mass is 286 g/mol. The first-order valence-corrected chi connectivity index (χ1v) is 10.6. The van der Waals surface area contributed by atoms with Crippen molar-refractivity contribution in [3.8, 4) is 5.75 Å². The molecule has 1 nitrogen and oxygen atoms in total. The van der Waals surface area contributed by atoms with Gasteiger partial charge in [-0.1, -0.05) is 62.5 Å². The molecule has 2 heteroatoms. The Bertz CT molecular complexity index is 540. The molecular weight excluding hydrogens is 260 g/mol. The molecule has 0 spiro atoms. The number of para-hydroxylation sites is 1. The first kappa shape index (κ1) is 15.1. The summed E-state index contributed by atoms with van der Waals surface area (Å²) < 4.78 is 5.61. The molecule has 0 amide bonds. The molecule has 20 heavy (non-hydrogen) atoms. The van der Waals surface area contributed by atoms with Crippen molar-refractivity contribution in [3.05, 3.63) is 47.2 Å². The van der Waals surface area contributed by atoms with Crippen LogP contribution in [0.4, 0.5) is 0 Å². The number of allylic oxidation sites excluding steroid dienone is 4. The van der Waals surface area contributed by atoms with Crippen molar-refractivity contribution in [1.82, 2.24) is 0 Å². The summed E-state index contributed by atoms with van der Waals surface area (Å²) in [5, 5.41) is 3.10. The molecule has 1 aliphatic rings. The summed E-state index contributed by atoms with van der Waals surface area (Å²) in [6.45, 7) is 9.53. The Kier molecular flexibility index (Phi) is 4.54. The summed E-state index contributed by atoms with van der Waals surface area (Å²) in [6, 6.07) is 8.54. The summed E-state index contributed by atoms with van der Waals surface area (Å²) in [4.78, 5) is 0. The van der Waals surface area contributed by atoms with Gasteiger partial charge in [0, 0.05) is 0 Å². The fourth-order valence-electron chi connectivity index (χ4n) is 3.14. The molecule has 0 N–H and O–H groups in total. The van der Waals surface area contributed by atoms with Crippen molar-refractivity contribution in [1.29, 1.82) is 0 Å². The Morgan fingerprint density at radius 3 is 2.60 bits per heavy atom. The highest BCUT2D eigenvalue weighted by Crippen LogP contribution is 2.34. The van der Waals surface area contributed by atoms with Crippen molar-refractivity contribution in [2.75, 3.05) is 7.11 Å². The molecule has 1 aromatic carbocycles. The molecule has 1 atom stereocenters. The highest BCUT2D eigenvalue weighted by Gasteiger charge is 2.34. The molecule has 0 radical (unpaired) electrons. The minimum absolute atomic E-state index is 0.658. The molecule has 0 saturated carbocycles. The van der Waals surface area contributed by atoms with E-state index in [-0.39, 0.29) is 0 Å². The highest BCUT2D eigenvalue weighted by atomic mass is 28.3. The molecule has 1 aliphatic carbocycles. The Labute approximate surface area is 124 Å². The van der Waals surface area contributed by atoms with Crippen LogP contribution in [-0.2, 0) is 0 Å². The molecule has 1 aromatic rings. The predicted molar refractivity (Wildman–Crippen MR) is 90.3 cm³/mol. The fourth-order valence-corrected chi connectivity index (χ4v) is 6.46. The zero-order valence-electron chi connectivity index (χ0n) is 13.4. The fraction of sp³-hybridized carbons (Fsp3) is 0.444. The molecule has 0 saturated heterocycles. The van der Waals surface area contributed by atoms with Crippen molar-refractivity contribution in [3.63, 3.8) is 0 Å². The maximum absolute atomic E-state index is 5.61. The topological polar surface area (TPSA) is 9.23 Å². The lowest BCUT2D eigenvalue weighted by Gasteiger charge is -2.29. The Hall–Kier alpha value is -1.28. The van der Waals surface area contributed by atoms with Crippen LogP contribution in [0.25, 0.3) is 0 Å². The van der Waals surface area contributed by atoms with Crippen LogP contribution >= 0.6 is 0 Å². The van der Waals surface area contributed by atoms with Crippen molar-refractivity contribution in [2.24, 2.45) is 5.92 Å². The van der Waals surface area contributed by atoms with Gasteiger partial charge in [-0.05, 0) is 35.6 Å². The molecular formula is C18H26OSi. The van der Waals surface area contributed by atoms with Gasteiger partial charge in [0.15, 0.2) is 0 Å². The van der Waals surface area contributed by atoms with E-state index in [4.69, 9.17) is 4.74 Å². The van der Waals surface area contributed by atoms with Crippen LogP contribution in [0.5, 0.6) is 5.75 Å². The molecule has 1 unspecified atom stereocenters. The Morgan fingerprint density at radius 2 is 1.95 bits per heavy atom. The third-order valence-electron chi connectivity index (χ3n) is 4.65. The van der Waals surface area contributed by atoms with Gasteiger partial charge >= 0.3 is 0 Å². The van der Waals surface area contributed by atoms with Crippen LogP contribution in [0.3, 0.4) is 0 Å². The molecule has 0 bridgehead atoms. The van der Waals surface area contributed by atoms with E-state index in [0.29, 0.717) is 5.92 Å². The summed E-state index contributed by atoms with van der Waals surface area (Å²) in [7, 11) is 0.116. The summed E-state index contributed by atoms with van der Waals surface area (Å²) in [6.07, 6.45) is 7.02. The third-order valence-corrected chi connectivity index (χ3v) is 8.41. The van der Waals surface area contributed by atoms with E-state index in [1.807, 2.05) is 0 Å². The van der Waals surface area contributed by atoms with Gasteiger partial charge < -0.3 is 4.74 Å². The van der Waals surface area contributed by atoms with E-state index in [2.05, 4.69) is 63.4 Å². The van der Waals surface area contributed by atoms with Crippen LogP contribution in [0.1, 0.15) is 26.7 Å². The van der Waals surface area contributed by atoms with Crippen molar-refractivity contribution in [2.45, 2.75) is 39.8 Å². The van der Waals surface area contributed by atoms with Gasteiger partial charge in [0.25, 0.3) is 0 Å². The quantitative estimate of drug-likeness (QED) is 0.727. The molecule has 2 rings (SSSR count). The van der Waals surface area contributed by atoms with Crippen LogP contribution in [0.15, 0.2) is 47.2 Å². The largest absolute Gasteiger partial charge is 0.497 e. The van der Waals surface area contributed by atoms with Crippen LogP contribution in [0, 0.1) is 5.92 Å². The van der Waals surface area contributed by atoms with Gasteiger partial charge in [0.2, 0.25) is 0 Å². The summed E-state index contributed by atoms with van der Waals surface area (Å²) in [5.41, 5.74) is 1.58. The number of hydrogen-bond acceptors (Lipinski definition) is 1. The van der Waals surface area contributed by atoms with Gasteiger partial charge in [-0.15, -0.1) is 0 Å². The highest BCUT2D eigenvalue weighted by molar-refractivity contribution is 6.96. The Morgan fingerprint density at radius 1 is 1.25 bits per heavy atom. The summed E-state index contributed by atoms with van der Waals surface area (Å²) in [5.74, 6) is 1.71. The average molecular weight is 286 g/mol. The SMILES string of the molecule is CCC(C)C1=C([Si](C)(C)c2ccccc2OC)CC=C1. The standard InChI is InChI=1S/C18H26OSi/c1-6-14(2)15-10-9-13-17(15)20(4,5)18-12-8-7-11-16(18)19-3/h7-12,14H,6,13H2,1-5H3. The van der Waals surface area contributed by atoms with E-state index in [0.717, 1.165) is 12.2 Å². The van der Waals surface area contributed by atoms with Crippen molar-refractivity contribution >= 4 is 13.3 Å². The first-order valence-electron chi connectivity index (χ1n) is 7.55. The van der Waals surface area contributed by atoms with Crippen LogP contribution < -0.4 is 9.92 Å². The normalized spacial score (nSPS) is 16.6. The van der Waals surface area contributed by atoms with E-state index < -0.39 is 8.07 Å². The van der Waals surface area contributed by atoms with Gasteiger partial charge in [-0.3, -0.25) is 0 Å². The maximum atomic E-state index is 5.61. The number of ether oxygens (including phenoxy) is 1. The molecule has 108 valence electrons. The smallest absolute Gasteiger partial charge is 0.118 e. The average Bonchev–Trinajstić information content (AvgIpc) is 2.96. The summed E-state index contributed by atoms with van der Waals surface area (Å²) >= 11 is 0. The number of benzene rings is 1. The van der Waals surface area contributed by atoms with Crippen LogP contribution in [0.2, 0.25) is 13.1 Å². The number of rotatable bonds is 5. The van der Waals surface area contributed by atoms with Crippen LogP contribution in [-0.4, -0.2) is 15.2 Å². The van der Waals surface area contributed by atoms with Gasteiger partial charge in [-0.2, -0.15) is 0 Å². The minimum Gasteiger partial charge on any atom is -0.497 e. The second-order valence-corrected chi connectivity index (χ2v) is 10.6. The molecule has 0 aromatic heterocycles. The van der Waals surface area contributed by atoms with Gasteiger partial charge in [0.1, 0.15) is 13.8 Å². The maximum Gasteiger partial charge on any atom is 0.118 e.